The molecule has 3 rings (SSSR count). The topological polar surface area (TPSA) is 75.7 Å². The number of carbonyl (C=O) groups is 1. The maximum Gasteiger partial charge on any atom is 0.241 e. The third kappa shape index (κ3) is 6.81. The first-order valence-corrected chi connectivity index (χ1v) is 11.8. The average Bonchev–Trinajstić information content (AvgIpc) is 2.75. The number of aryl methyl sites for hydroxylation is 1. The Hall–Kier alpha value is -3.39. The zero-order chi connectivity index (χ0) is 23.1. The number of nitrogens with zero attached hydrogens (tertiary/aromatic N) is 1. The van der Waals surface area contributed by atoms with Crippen LogP contribution < -0.4 is 14.4 Å². The highest BCUT2D eigenvalue weighted by Gasteiger charge is 2.20. The number of halogens is 1. The van der Waals surface area contributed by atoms with E-state index in [9.17, 15) is 17.6 Å². The summed E-state index contributed by atoms with van der Waals surface area (Å²) in [6.45, 7) is 2.12. The molecular formula is C24H25FN2O4S. The van der Waals surface area contributed by atoms with Gasteiger partial charge in [0.15, 0.2) is 0 Å². The number of hydrogen-bond donors (Lipinski definition) is 1. The summed E-state index contributed by atoms with van der Waals surface area (Å²) in [5.41, 5.74) is 3.05. The van der Waals surface area contributed by atoms with Gasteiger partial charge in [0.25, 0.3) is 0 Å². The van der Waals surface area contributed by atoms with Gasteiger partial charge in [0, 0.05) is 6.54 Å². The minimum Gasteiger partial charge on any atom is -0.489 e. The van der Waals surface area contributed by atoms with Crippen LogP contribution in [0.3, 0.4) is 0 Å². The number of amides is 1. The van der Waals surface area contributed by atoms with Gasteiger partial charge in [0.05, 0.1) is 11.9 Å². The van der Waals surface area contributed by atoms with Crippen LogP contribution in [0.1, 0.15) is 16.7 Å². The second kappa shape index (κ2) is 10.3. The van der Waals surface area contributed by atoms with Crippen molar-refractivity contribution in [1.29, 1.82) is 0 Å². The number of rotatable bonds is 9. The molecule has 0 radical (unpaired) electrons. The summed E-state index contributed by atoms with van der Waals surface area (Å²) in [6.07, 6.45) is 1.08. The van der Waals surface area contributed by atoms with Crippen LogP contribution in [0.2, 0.25) is 0 Å². The summed E-state index contributed by atoms with van der Waals surface area (Å²) >= 11 is 0. The zero-order valence-electron chi connectivity index (χ0n) is 17.9. The van der Waals surface area contributed by atoms with Crippen LogP contribution >= 0.6 is 0 Å². The van der Waals surface area contributed by atoms with Gasteiger partial charge >= 0.3 is 0 Å². The van der Waals surface area contributed by atoms with Crippen LogP contribution in [0.15, 0.2) is 72.8 Å². The highest BCUT2D eigenvalue weighted by molar-refractivity contribution is 7.92. The summed E-state index contributed by atoms with van der Waals surface area (Å²) in [4.78, 5) is 12.4. The molecule has 168 valence electrons. The molecule has 0 atom stereocenters. The lowest BCUT2D eigenvalue weighted by Crippen LogP contribution is -2.40. The van der Waals surface area contributed by atoms with Gasteiger partial charge in [-0.05, 0) is 60.0 Å². The molecule has 3 aromatic carbocycles. The summed E-state index contributed by atoms with van der Waals surface area (Å²) in [5.74, 6) is -0.0562. The standard InChI is InChI=1S/C24H25FN2O4S/c1-18-4-3-5-22(14-18)27(32(2,29)30)16-24(28)26-15-19-8-12-23(13-9-19)31-17-20-6-10-21(25)11-7-20/h3-14H,15-17H2,1-2H3,(H,26,28). The molecule has 0 heterocycles. The fourth-order valence-electron chi connectivity index (χ4n) is 3.02. The van der Waals surface area contributed by atoms with Gasteiger partial charge in [-0.2, -0.15) is 0 Å². The Labute approximate surface area is 187 Å². The Balaban J connectivity index is 1.54. The van der Waals surface area contributed by atoms with E-state index in [2.05, 4.69) is 5.32 Å². The molecule has 0 bridgehead atoms. The third-order valence-electron chi connectivity index (χ3n) is 4.71. The molecule has 3 aromatic rings. The normalized spacial score (nSPS) is 11.1. The van der Waals surface area contributed by atoms with Crippen LogP contribution in [0.25, 0.3) is 0 Å². The van der Waals surface area contributed by atoms with E-state index in [1.807, 2.05) is 25.1 Å². The van der Waals surface area contributed by atoms with Crippen molar-refractivity contribution < 1.29 is 22.3 Å². The van der Waals surface area contributed by atoms with Crippen molar-refractivity contribution in [2.75, 3.05) is 17.1 Å². The highest BCUT2D eigenvalue weighted by atomic mass is 32.2. The van der Waals surface area contributed by atoms with E-state index in [1.54, 1.807) is 42.5 Å². The van der Waals surface area contributed by atoms with Gasteiger partial charge < -0.3 is 10.1 Å². The second-order valence-electron chi connectivity index (χ2n) is 7.44. The van der Waals surface area contributed by atoms with Gasteiger partial charge in [-0.3, -0.25) is 9.10 Å². The molecule has 1 N–H and O–H groups in total. The van der Waals surface area contributed by atoms with Crippen molar-refractivity contribution in [3.05, 3.63) is 95.3 Å². The van der Waals surface area contributed by atoms with E-state index in [0.717, 1.165) is 27.3 Å². The number of benzene rings is 3. The van der Waals surface area contributed by atoms with E-state index >= 15 is 0 Å². The molecule has 0 aromatic heterocycles. The lowest BCUT2D eigenvalue weighted by atomic mass is 10.2. The molecule has 0 saturated carbocycles. The molecule has 8 heteroatoms. The first-order valence-electron chi connectivity index (χ1n) is 9.98. The van der Waals surface area contributed by atoms with Gasteiger partial charge in [-0.25, -0.2) is 12.8 Å². The number of anilines is 1. The Morgan fingerprint density at radius 1 is 1.00 bits per heavy atom. The lowest BCUT2D eigenvalue weighted by molar-refractivity contribution is -0.119. The van der Waals surface area contributed by atoms with Gasteiger partial charge in [0.1, 0.15) is 24.7 Å². The molecule has 0 aliphatic carbocycles. The van der Waals surface area contributed by atoms with Gasteiger partial charge in [-0.15, -0.1) is 0 Å². The minimum absolute atomic E-state index is 0.252. The third-order valence-corrected chi connectivity index (χ3v) is 5.85. The lowest BCUT2D eigenvalue weighted by Gasteiger charge is -2.22. The molecule has 0 aliphatic rings. The quantitative estimate of drug-likeness (QED) is 0.532. The van der Waals surface area contributed by atoms with Crippen molar-refractivity contribution in [3.8, 4) is 5.75 Å². The number of carbonyl (C=O) groups excluding carboxylic acids is 1. The summed E-state index contributed by atoms with van der Waals surface area (Å²) in [6, 6.07) is 20.3. The predicted octanol–water partition coefficient (Wildman–Crippen LogP) is 3.80. The SMILES string of the molecule is Cc1cccc(N(CC(=O)NCc2ccc(OCc3ccc(F)cc3)cc2)S(C)(=O)=O)c1. The van der Waals surface area contributed by atoms with Crippen LogP contribution in [-0.2, 0) is 28.0 Å². The molecule has 0 fully saturated rings. The van der Waals surface area contributed by atoms with Crippen LogP contribution in [0.4, 0.5) is 10.1 Å². The van der Waals surface area contributed by atoms with Gasteiger partial charge in [0.2, 0.25) is 15.9 Å². The minimum atomic E-state index is -3.61. The van der Waals surface area contributed by atoms with E-state index in [1.165, 1.54) is 12.1 Å². The van der Waals surface area contributed by atoms with Crippen molar-refractivity contribution in [1.82, 2.24) is 5.32 Å². The molecule has 0 saturated heterocycles. The second-order valence-corrected chi connectivity index (χ2v) is 9.35. The van der Waals surface area contributed by atoms with Gasteiger partial charge in [-0.1, -0.05) is 36.4 Å². The zero-order valence-corrected chi connectivity index (χ0v) is 18.7. The number of ether oxygens (including phenoxy) is 1. The molecule has 1 amide bonds. The number of sulfonamides is 1. The Morgan fingerprint density at radius 2 is 1.66 bits per heavy atom. The fourth-order valence-corrected chi connectivity index (χ4v) is 3.87. The Bertz CT molecular complexity index is 1160. The maximum atomic E-state index is 13.0. The molecule has 0 spiro atoms. The Morgan fingerprint density at radius 3 is 2.28 bits per heavy atom. The van der Waals surface area contributed by atoms with E-state index in [0.29, 0.717) is 18.0 Å². The molecule has 0 aliphatic heterocycles. The molecular weight excluding hydrogens is 431 g/mol. The monoisotopic (exact) mass is 456 g/mol. The summed E-state index contributed by atoms with van der Waals surface area (Å²) in [7, 11) is -3.61. The highest BCUT2D eigenvalue weighted by Crippen LogP contribution is 2.19. The summed E-state index contributed by atoms with van der Waals surface area (Å²) < 4.78 is 44.1. The number of hydrogen-bond acceptors (Lipinski definition) is 4. The van der Waals surface area contributed by atoms with E-state index in [-0.39, 0.29) is 18.9 Å². The first kappa shape index (κ1) is 23.3. The largest absolute Gasteiger partial charge is 0.489 e. The van der Waals surface area contributed by atoms with Crippen LogP contribution in [0, 0.1) is 12.7 Å². The average molecular weight is 457 g/mol. The van der Waals surface area contributed by atoms with E-state index < -0.39 is 15.9 Å². The summed E-state index contributed by atoms with van der Waals surface area (Å²) in [5, 5.41) is 2.75. The van der Waals surface area contributed by atoms with Crippen LogP contribution in [0.5, 0.6) is 5.75 Å². The van der Waals surface area contributed by atoms with Crippen molar-refractivity contribution >= 4 is 21.6 Å². The fraction of sp³-hybridized carbons (Fsp3) is 0.208. The van der Waals surface area contributed by atoms with Crippen LogP contribution in [-0.4, -0.2) is 27.1 Å². The first-order chi connectivity index (χ1) is 15.2. The van der Waals surface area contributed by atoms with Crippen molar-refractivity contribution in [3.63, 3.8) is 0 Å². The molecule has 0 unspecified atom stereocenters. The van der Waals surface area contributed by atoms with Crippen molar-refractivity contribution in [2.45, 2.75) is 20.1 Å². The smallest absolute Gasteiger partial charge is 0.241 e. The predicted molar refractivity (Wildman–Crippen MR) is 122 cm³/mol. The maximum absolute atomic E-state index is 13.0. The van der Waals surface area contributed by atoms with E-state index in [4.69, 9.17) is 4.74 Å². The van der Waals surface area contributed by atoms with Crippen molar-refractivity contribution in [2.24, 2.45) is 0 Å². The molecule has 32 heavy (non-hydrogen) atoms. The molecule has 6 nitrogen and oxygen atoms in total. The Kier molecular flexibility index (Phi) is 7.48. The number of nitrogens with one attached hydrogen (secondary N) is 1.